The molecule has 3 fully saturated rings. The third-order valence-corrected chi connectivity index (χ3v) is 5.43. The third kappa shape index (κ3) is 2.28. The molecule has 2 saturated heterocycles. The van der Waals surface area contributed by atoms with Gasteiger partial charge in [-0.1, -0.05) is 6.07 Å². The monoisotopic (exact) mass is 299 g/mol. The molecule has 2 amide bonds. The van der Waals surface area contributed by atoms with Crippen LogP contribution in [0, 0.1) is 5.92 Å². The van der Waals surface area contributed by atoms with Crippen LogP contribution in [-0.2, 0) is 9.59 Å². The standard InChI is InChI=1S/C17H21N3O2/c21-15-10-14(13-2-1-7-18-11-13)17(19-15)5-8-20(9-6-17)16(22)12-3-4-12/h1-2,7,11-12,14H,3-6,8-10H2,(H,19,21). The van der Waals surface area contributed by atoms with Crippen LogP contribution in [-0.4, -0.2) is 40.3 Å². The predicted molar refractivity (Wildman–Crippen MR) is 81.0 cm³/mol. The molecule has 1 aromatic heterocycles. The first-order chi connectivity index (χ1) is 10.7. The summed E-state index contributed by atoms with van der Waals surface area (Å²) in [7, 11) is 0. The SMILES string of the molecule is O=C1CC(c2cccnc2)C2(CCN(C(=O)C3CC3)CC2)N1. The second kappa shape index (κ2) is 5.07. The highest BCUT2D eigenvalue weighted by atomic mass is 16.2. The first-order valence-electron chi connectivity index (χ1n) is 8.18. The molecule has 3 aliphatic rings. The van der Waals surface area contributed by atoms with Crippen molar-refractivity contribution in [3.8, 4) is 0 Å². The molecule has 0 radical (unpaired) electrons. The van der Waals surface area contributed by atoms with Crippen LogP contribution in [0.15, 0.2) is 24.5 Å². The van der Waals surface area contributed by atoms with Gasteiger partial charge in [-0.2, -0.15) is 0 Å². The van der Waals surface area contributed by atoms with E-state index in [1.807, 2.05) is 17.2 Å². The number of aromatic nitrogens is 1. The van der Waals surface area contributed by atoms with Crippen LogP contribution in [0.1, 0.15) is 43.6 Å². The number of piperidine rings is 1. The number of nitrogens with zero attached hydrogens (tertiary/aromatic N) is 2. The summed E-state index contributed by atoms with van der Waals surface area (Å²) < 4.78 is 0. The van der Waals surface area contributed by atoms with Crippen molar-refractivity contribution in [2.24, 2.45) is 5.92 Å². The van der Waals surface area contributed by atoms with Gasteiger partial charge in [-0.15, -0.1) is 0 Å². The fourth-order valence-electron chi connectivity index (χ4n) is 4.00. The first kappa shape index (κ1) is 13.7. The van der Waals surface area contributed by atoms with Gasteiger partial charge in [0.25, 0.3) is 0 Å². The van der Waals surface area contributed by atoms with E-state index in [9.17, 15) is 9.59 Å². The van der Waals surface area contributed by atoms with Gasteiger partial charge in [-0.25, -0.2) is 0 Å². The van der Waals surface area contributed by atoms with Crippen molar-refractivity contribution >= 4 is 11.8 Å². The summed E-state index contributed by atoms with van der Waals surface area (Å²) in [4.78, 5) is 30.4. The summed E-state index contributed by atoms with van der Waals surface area (Å²) in [5, 5.41) is 3.22. The van der Waals surface area contributed by atoms with Crippen LogP contribution < -0.4 is 5.32 Å². The Hall–Kier alpha value is -1.91. The summed E-state index contributed by atoms with van der Waals surface area (Å²) >= 11 is 0. The van der Waals surface area contributed by atoms with E-state index >= 15 is 0 Å². The molecule has 5 heteroatoms. The van der Waals surface area contributed by atoms with Crippen molar-refractivity contribution in [1.29, 1.82) is 0 Å². The molecule has 1 atom stereocenters. The van der Waals surface area contributed by atoms with Gasteiger partial charge in [0.1, 0.15) is 0 Å². The molecule has 1 saturated carbocycles. The highest BCUT2D eigenvalue weighted by Crippen LogP contribution is 2.43. The van der Waals surface area contributed by atoms with Gasteiger partial charge in [0.15, 0.2) is 0 Å². The quantitative estimate of drug-likeness (QED) is 0.899. The van der Waals surface area contributed by atoms with Gasteiger partial charge >= 0.3 is 0 Å². The number of amides is 2. The van der Waals surface area contributed by atoms with Crippen LogP contribution in [0.3, 0.4) is 0 Å². The molecule has 3 heterocycles. The Kier molecular flexibility index (Phi) is 3.17. The summed E-state index contributed by atoms with van der Waals surface area (Å²) in [5.74, 6) is 0.890. The molecule has 1 aromatic rings. The second-order valence-electron chi connectivity index (χ2n) is 6.85. The Morgan fingerprint density at radius 1 is 1.32 bits per heavy atom. The average molecular weight is 299 g/mol. The molecule has 22 heavy (non-hydrogen) atoms. The van der Waals surface area contributed by atoms with Gasteiger partial charge in [-0.05, 0) is 37.3 Å². The molecule has 1 aliphatic carbocycles. The summed E-state index contributed by atoms with van der Waals surface area (Å²) in [6.45, 7) is 1.51. The zero-order valence-electron chi connectivity index (χ0n) is 12.6. The van der Waals surface area contributed by atoms with E-state index in [-0.39, 0.29) is 23.3 Å². The number of carbonyl (C=O) groups excluding carboxylic acids is 2. The van der Waals surface area contributed by atoms with E-state index in [0.29, 0.717) is 12.3 Å². The fraction of sp³-hybridized carbons (Fsp3) is 0.588. The molecular formula is C17H21N3O2. The van der Waals surface area contributed by atoms with Crippen molar-refractivity contribution in [3.05, 3.63) is 30.1 Å². The van der Waals surface area contributed by atoms with Crippen LogP contribution in [0.2, 0.25) is 0 Å². The van der Waals surface area contributed by atoms with Crippen molar-refractivity contribution in [2.75, 3.05) is 13.1 Å². The molecule has 1 N–H and O–H groups in total. The van der Waals surface area contributed by atoms with Crippen LogP contribution >= 0.6 is 0 Å². The lowest BCUT2D eigenvalue weighted by atomic mass is 9.74. The maximum atomic E-state index is 12.2. The number of hydrogen-bond acceptors (Lipinski definition) is 3. The van der Waals surface area contributed by atoms with Crippen LogP contribution in [0.25, 0.3) is 0 Å². The highest BCUT2D eigenvalue weighted by molar-refractivity contribution is 5.83. The molecule has 116 valence electrons. The van der Waals surface area contributed by atoms with Gasteiger partial charge in [0.05, 0.1) is 5.54 Å². The topological polar surface area (TPSA) is 62.3 Å². The Bertz CT molecular complexity index is 589. The molecule has 5 nitrogen and oxygen atoms in total. The van der Waals surface area contributed by atoms with E-state index in [2.05, 4.69) is 16.4 Å². The molecule has 1 unspecified atom stereocenters. The van der Waals surface area contributed by atoms with Crippen molar-refractivity contribution in [1.82, 2.24) is 15.2 Å². The van der Waals surface area contributed by atoms with Crippen molar-refractivity contribution < 1.29 is 9.59 Å². The molecule has 4 rings (SSSR count). The number of likely N-dealkylation sites (tertiary alicyclic amines) is 1. The average Bonchev–Trinajstić information content (AvgIpc) is 3.34. The lowest BCUT2D eigenvalue weighted by molar-refractivity contribution is -0.134. The second-order valence-corrected chi connectivity index (χ2v) is 6.85. The number of rotatable bonds is 2. The molecular weight excluding hydrogens is 278 g/mol. The fourth-order valence-corrected chi connectivity index (χ4v) is 4.00. The number of nitrogens with one attached hydrogen (secondary N) is 1. The normalized spacial score (nSPS) is 27.0. The Morgan fingerprint density at radius 3 is 2.73 bits per heavy atom. The first-order valence-corrected chi connectivity index (χ1v) is 8.18. The van der Waals surface area contributed by atoms with E-state index in [4.69, 9.17) is 0 Å². The summed E-state index contributed by atoms with van der Waals surface area (Å²) in [6, 6.07) is 3.99. The van der Waals surface area contributed by atoms with Gasteiger partial charge in [0.2, 0.25) is 11.8 Å². The Morgan fingerprint density at radius 2 is 2.09 bits per heavy atom. The van der Waals surface area contributed by atoms with E-state index < -0.39 is 0 Å². The smallest absolute Gasteiger partial charge is 0.225 e. The Labute approximate surface area is 130 Å². The number of pyridine rings is 1. The minimum absolute atomic E-state index is 0.121. The molecule has 1 spiro atoms. The molecule has 2 aliphatic heterocycles. The minimum Gasteiger partial charge on any atom is -0.350 e. The summed E-state index contributed by atoms with van der Waals surface area (Å²) in [5.41, 5.74) is 0.934. The maximum absolute atomic E-state index is 12.2. The third-order valence-electron chi connectivity index (χ3n) is 5.43. The zero-order valence-corrected chi connectivity index (χ0v) is 12.6. The lowest BCUT2D eigenvalue weighted by Crippen LogP contribution is -2.54. The predicted octanol–water partition coefficient (Wildman–Crippen LogP) is 1.46. The molecule has 0 bridgehead atoms. The Balaban J connectivity index is 1.52. The highest BCUT2D eigenvalue weighted by Gasteiger charge is 2.49. The number of hydrogen-bond donors (Lipinski definition) is 1. The number of carbonyl (C=O) groups is 2. The van der Waals surface area contributed by atoms with Gasteiger partial charge in [-0.3, -0.25) is 14.6 Å². The van der Waals surface area contributed by atoms with E-state index in [1.54, 1.807) is 6.20 Å². The van der Waals surface area contributed by atoms with E-state index in [1.165, 1.54) is 0 Å². The van der Waals surface area contributed by atoms with Crippen LogP contribution in [0.4, 0.5) is 0 Å². The van der Waals surface area contributed by atoms with Gasteiger partial charge in [0, 0.05) is 43.7 Å². The van der Waals surface area contributed by atoms with E-state index in [0.717, 1.165) is 44.3 Å². The summed E-state index contributed by atoms with van der Waals surface area (Å²) in [6.07, 6.45) is 7.95. The van der Waals surface area contributed by atoms with Crippen molar-refractivity contribution in [3.63, 3.8) is 0 Å². The maximum Gasteiger partial charge on any atom is 0.225 e. The van der Waals surface area contributed by atoms with Crippen LogP contribution in [0.5, 0.6) is 0 Å². The largest absolute Gasteiger partial charge is 0.350 e. The van der Waals surface area contributed by atoms with Crippen molar-refractivity contribution in [2.45, 2.75) is 43.6 Å². The zero-order chi connectivity index (χ0) is 15.2. The molecule has 0 aromatic carbocycles. The van der Waals surface area contributed by atoms with Gasteiger partial charge < -0.3 is 10.2 Å². The lowest BCUT2D eigenvalue weighted by Gasteiger charge is -2.43. The minimum atomic E-state index is -0.194.